The van der Waals surface area contributed by atoms with E-state index in [4.69, 9.17) is 0 Å². The Hall–Kier alpha value is -11.0. The smallest absolute Gasteiger partial charge is 0.309 e. The van der Waals surface area contributed by atoms with Gasteiger partial charge in [0, 0.05) is 27.1 Å². The van der Waals surface area contributed by atoms with Crippen LogP contribution in [0.2, 0.25) is 0 Å². The Morgan fingerprint density at radius 3 is 1.03 bits per heavy atom. The molecule has 12 rings (SSSR count). The molecule has 0 radical (unpaired) electrons. The van der Waals surface area contributed by atoms with E-state index in [0.29, 0.717) is 61.3 Å². The molecule has 0 saturated heterocycles. The minimum Gasteiger partial charge on any atom is -0.309 e. The molecule has 0 saturated carbocycles. The molecule has 0 bridgehead atoms. The Morgan fingerprint density at radius 1 is 0.351 bits per heavy atom. The van der Waals surface area contributed by atoms with E-state index in [-0.39, 0.29) is 16.7 Å². The average molecular weight is 996 g/mol. The lowest BCUT2D eigenvalue weighted by Gasteiger charge is -2.22. The predicted molar refractivity (Wildman–Crippen MR) is 296 cm³/mol. The number of halogens is 3. The van der Waals surface area contributed by atoms with Gasteiger partial charge in [-0.2, -0.15) is 39.5 Å². The first-order chi connectivity index (χ1) is 37.5. The number of nitrogens with zero attached hydrogens (tertiary/aromatic N) is 7. The monoisotopic (exact) mass is 995 g/mol. The Labute approximate surface area is 439 Å². The van der Waals surface area contributed by atoms with Gasteiger partial charge in [-0.25, -0.2) is 0 Å². The topological polar surface area (TPSA) is 129 Å². The number of fused-ring (bicyclic) bond motifs is 6. The number of benzene rings is 10. The molecule has 12 aromatic rings. The zero-order chi connectivity index (χ0) is 53.1. The van der Waals surface area contributed by atoms with Gasteiger partial charge in [-0.05, 0) is 154 Å². The lowest BCUT2D eigenvalue weighted by molar-refractivity contribution is -0.137. The number of rotatable bonds is 7. The van der Waals surface area contributed by atoms with Crippen molar-refractivity contribution in [2.24, 2.45) is 0 Å². The fourth-order valence-corrected chi connectivity index (χ4v) is 10.8. The molecular formula is C67H36F3N7. The first-order valence-electron chi connectivity index (χ1n) is 24.4. The predicted octanol–water partition coefficient (Wildman–Crippen LogP) is 16.9. The molecule has 0 fully saturated rings. The molecule has 77 heavy (non-hydrogen) atoms. The van der Waals surface area contributed by atoms with Crippen molar-refractivity contribution in [1.29, 1.82) is 26.3 Å². The summed E-state index contributed by atoms with van der Waals surface area (Å²) in [6.07, 6.45) is -4.81. The van der Waals surface area contributed by atoms with Gasteiger partial charge in [-0.3, -0.25) is 0 Å². The maximum Gasteiger partial charge on any atom is 0.417 e. The molecule has 7 nitrogen and oxygen atoms in total. The number of nitriles is 5. The van der Waals surface area contributed by atoms with Crippen LogP contribution < -0.4 is 0 Å². The molecule has 0 N–H and O–H groups in total. The van der Waals surface area contributed by atoms with Gasteiger partial charge in [0.25, 0.3) is 0 Å². The van der Waals surface area contributed by atoms with Crippen LogP contribution in [0.1, 0.15) is 38.9 Å². The average Bonchev–Trinajstić information content (AvgIpc) is 3.98. The Kier molecular flexibility index (Phi) is 11.3. The summed E-state index contributed by atoms with van der Waals surface area (Å²) in [5, 5.41) is 54.3. The third kappa shape index (κ3) is 8.06. The second-order valence-corrected chi connectivity index (χ2v) is 18.9. The molecule has 10 heteroatoms. The van der Waals surface area contributed by atoms with E-state index in [9.17, 15) is 26.3 Å². The van der Waals surface area contributed by atoms with Gasteiger partial charge in [-0.15, -0.1) is 0 Å². The molecule has 0 unspecified atom stereocenters. The summed E-state index contributed by atoms with van der Waals surface area (Å²) in [7, 11) is 0. The molecular weight excluding hydrogens is 960 g/mol. The van der Waals surface area contributed by atoms with Crippen molar-refractivity contribution in [2.75, 3.05) is 0 Å². The van der Waals surface area contributed by atoms with E-state index in [1.54, 1.807) is 85.8 Å². The molecule has 0 aliphatic heterocycles. The molecule has 360 valence electrons. The highest BCUT2D eigenvalue weighted by atomic mass is 19.4. The fraction of sp³-hybridized carbons (Fsp3) is 0.0299. The summed E-state index contributed by atoms with van der Waals surface area (Å²) in [5.74, 6) is 0. The number of alkyl halides is 3. The van der Waals surface area contributed by atoms with E-state index in [0.717, 1.165) is 72.1 Å². The summed E-state index contributed by atoms with van der Waals surface area (Å²) < 4.78 is 51.3. The van der Waals surface area contributed by atoms with Gasteiger partial charge in [0.05, 0.1) is 91.1 Å². The third-order valence-corrected chi connectivity index (χ3v) is 14.4. The van der Waals surface area contributed by atoms with Crippen LogP contribution in [-0.2, 0) is 6.18 Å². The highest BCUT2D eigenvalue weighted by Gasteiger charge is 2.36. The van der Waals surface area contributed by atoms with Crippen LogP contribution in [0.4, 0.5) is 13.2 Å². The molecule has 2 heterocycles. The zero-order valence-corrected chi connectivity index (χ0v) is 40.8. The molecule has 0 aliphatic rings. The lowest BCUT2D eigenvalue weighted by atomic mass is 9.91. The molecule has 10 aromatic carbocycles. The van der Waals surface area contributed by atoms with Crippen molar-refractivity contribution in [3.05, 3.63) is 239 Å². The second-order valence-electron chi connectivity index (χ2n) is 18.9. The molecule has 0 aliphatic carbocycles. The van der Waals surface area contributed by atoms with Crippen LogP contribution in [0.5, 0.6) is 0 Å². The van der Waals surface area contributed by atoms with Crippen LogP contribution in [0.15, 0.2) is 200 Å². The summed E-state index contributed by atoms with van der Waals surface area (Å²) in [4.78, 5) is 0. The zero-order valence-electron chi connectivity index (χ0n) is 40.8. The van der Waals surface area contributed by atoms with Crippen molar-refractivity contribution in [3.63, 3.8) is 0 Å². The first-order valence-corrected chi connectivity index (χ1v) is 24.4. The minimum atomic E-state index is -4.81. The van der Waals surface area contributed by atoms with Crippen molar-refractivity contribution in [2.45, 2.75) is 13.1 Å². The summed E-state index contributed by atoms with van der Waals surface area (Å²) in [6, 6.07) is 71.4. The normalized spacial score (nSPS) is 11.3. The first kappa shape index (κ1) is 47.1. The Morgan fingerprint density at radius 2 is 0.688 bits per heavy atom. The quantitative estimate of drug-likeness (QED) is 0.157. The third-order valence-electron chi connectivity index (χ3n) is 14.4. The Bertz CT molecular complexity index is 4480. The van der Waals surface area contributed by atoms with Gasteiger partial charge >= 0.3 is 6.18 Å². The van der Waals surface area contributed by atoms with Crippen LogP contribution in [0.3, 0.4) is 0 Å². The number of hydrogen-bond donors (Lipinski definition) is 0. The SMILES string of the molecule is Cc1cccc(C(F)(F)F)c1-c1cc(-n2c3cc(-c4cccc(C#N)c4)ccc3c3ccc(-c4cccc(C#N)c4)cc32)c(C#N)cc1-n1c2cc(-c3cccc(C#N)c3)ccc2c2ccc(-c3cccc(C#N)c3)cc21. The maximum absolute atomic E-state index is 15.8. The molecule has 0 atom stereocenters. The van der Waals surface area contributed by atoms with E-state index in [2.05, 4.69) is 30.3 Å². The van der Waals surface area contributed by atoms with E-state index >= 15 is 13.2 Å². The largest absolute Gasteiger partial charge is 0.417 e. The van der Waals surface area contributed by atoms with E-state index in [1.165, 1.54) is 6.07 Å². The van der Waals surface area contributed by atoms with E-state index < -0.39 is 11.7 Å². The highest BCUT2D eigenvalue weighted by Crippen LogP contribution is 2.47. The second kappa shape index (κ2) is 18.5. The van der Waals surface area contributed by atoms with Crippen molar-refractivity contribution in [1.82, 2.24) is 9.13 Å². The van der Waals surface area contributed by atoms with Gasteiger partial charge in [0.2, 0.25) is 0 Å². The molecule has 0 amide bonds. The minimum absolute atomic E-state index is 0.0738. The number of aryl methyl sites for hydroxylation is 1. The van der Waals surface area contributed by atoms with Crippen LogP contribution in [0, 0.1) is 63.6 Å². The van der Waals surface area contributed by atoms with Crippen molar-refractivity contribution < 1.29 is 13.2 Å². The molecule has 0 spiro atoms. The van der Waals surface area contributed by atoms with Crippen molar-refractivity contribution in [3.8, 4) is 97.4 Å². The summed E-state index contributed by atoms with van der Waals surface area (Å²) >= 11 is 0. The van der Waals surface area contributed by atoms with E-state index in [1.807, 2.05) is 118 Å². The highest BCUT2D eigenvalue weighted by molar-refractivity contribution is 6.13. The van der Waals surface area contributed by atoms with Gasteiger partial charge < -0.3 is 9.13 Å². The van der Waals surface area contributed by atoms with Gasteiger partial charge in [0.1, 0.15) is 6.07 Å². The number of hydrogen-bond acceptors (Lipinski definition) is 5. The van der Waals surface area contributed by atoms with Gasteiger partial charge in [-0.1, -0.05) is 109 Å². The summed E-state index contributed by atoms with van der Waals surface area (Å²) in [6.45, 7) is 1.66. The maximum atomic E-state index is 15.8. The van der Waals surface area contributed by atoms with Crippen LogP contribution in [-0.4, -0.2) is 9.13 Å². The van der Waals surface area contributed by atoms with Crippen LogP contribution in [0.25, 0.3) is 111 Å². The number of aromatic nitrogens is 2. The summed E-state index contributed by atoms with van der Waals surface area (Å²) in [5.41, 5.74) is 10.9. The lowest BCUT2D eigenvalue weighted by Crippen LogP contribution is -2.10. The Balaban J connectivity index is 1.24. The molecule has 2 aromatic heterocycles. The van der Waals surface area contributed by atoms with Crippen molar-refractivity contribution >= 4 is 43.6 Å². The van der Waals surface area contributed by atoms with Crippen LogP contribution >= 0.6 is 0 Å². The fourth-order valence-electron chi connectivity index (χ4n) is 10.8. The van der Waals surface area contributed by atoms with Gasteiger partial charge in [0.15, 0.2) is 0 Å². The standard InChI is InChI=1S/C67H36F3N7/c1-40-7-2-16-59(67(68,69)70)66(40)58-34-60(76-61-29-49(45-12-3-8-41(25-45)35-71)17-21-54(61)55-22-18-50(30-62(55)76)46-13-4-9-42(26-46)36-72)53(39-75)33-65(58)77-63-31-51(47-14-5-10-43(27-47)37-73)19-23-56(63)57-24-20-52(32-64(57)77)48-15-6-11-44(28-48)38-74/h2-34H,1H3.